The minimum Gasteiger partial charge on any atom is -0.442 e. The lowest BCUT2D eigenvalue weighted by molar-refractivity contribution is 0.0192. The van der Waals surface area contributed by atoms with Crippen molar-refractivity contribution in [1.29, 1.82) is 5.26 Å². The molecule has 1 amide bonds. The van der Waals surface area contributed by atoms with E-state index in [0.29, 0.717) is 17.7 Å². The number of carbonyl (C=O) groups is 1. The third-order valence-electron chi connectivity index (χ3n) is 2.66. The third kappa shape index (κ3) is 3.12. The van der Waals surface area contributed by atoms with Crippen molar-refractivity contribution in [3.05, 3.63) is 29.6 Å². The van der Waals surface area contributed by atoms with Gasteiger partial charge in [-0.3, -0.25) is 4.98 Å². The van der Waals surface area contributed by atoms with Crippen LogP contribution in [0.4, 0.5) is 4.79 Å². The van der Waals surface area contributed by atoms with Crippen LogP contribution in [-0.2, 0) is 4.74 Å². The molecule has 1 unspecified atom stereocenters. The van der Waals surface area contributed by atoms with Gasteiger partial charge < -0.3 is 4.74 Å². The van der Waals surface area contributed by atoms with Crippen LogP contribution in [0.15, 0.2) is 23.4 Å². The van der Waals surface area contributed by atoms with Gasteiger partial charge in [0.1, 0.15) is 11.6 Å². The molecule has 0 bridgehead atoms. The van der Waals surface area contributed by atoms with Gasteiger partial charge in [0.05, 0.1) is 17.3 Å². The van der Waals surface area contributed by atoms with Gasteiger partial charge >= 0.3 is 6.09 Å². The molecule has 0 radical (unpaired) electrons. The van der Waals surface area contributed by atoms with E-state index in [4.69, 9.17) is 10.00 Å². The van der Waals surface area contributed by atoms with E-state index in [1.54, 1.807) is 45.3 Å². The molecule has 6 nitrogen and oxygen atoms in total. The quantitative estimate of drug-likeness (QED) is 0.787. The number of amides is 1. The van der Waals surface area contributed by atoms with Crippen LogP contribution in [0.1, 0.15) is 44.5 Å². The van der Waals surface area contributed by atoms with Crippen LogP contribution in [0, 0.1) is 11.3 Å². The molecule has 0 saturated heterocycles. The van der Waals surface area contributed by atoms with Gasteiger partial charge in [-0.05, 0) is 32.9 Å². The SMILES string of the molecule is CC(C)(C)OC(=O)N1N=CCC1c1cc(C#N)ccn1. The predicted octanol–water partition coefficient (Wildman–Crippen LogP) is 2.62. The molecule has 0 aliphatic carbocycles. The summed E-state index contributed by atoms with van der Waals surface area (Å²) in [5.41, 5.74) is 0.556. The predicted molar refractivity (Wildman–Crippen MR) is 72.9 cm³/mol. The molecule has 104 valence electrons. The van der Waals surface area contributed by atoms with Crippen LogP contribution in [-0.4, -0.2) is 27.9 Å². The van der Waals surface area contributed by atoms with Crippen molar-refractivity contribution in [3.63, 3.8) is 0 Å². The zero-order valence-electron chi connectivity index (χ0n) is 11.7. The summed E-state index contributed by atoms with van der Waals surface area (Å²) in [7, 11) is 0. The maximum absolute atomic E-state index is 12.1. The van der Waals surface area contributed by atoms with E-state index < -0.39 is 11.7 Å². The lowest BCUT2D eigenvalue weighted by Gasteiger charge is -2.26. The average molecular weight is 272 g/mol. The second-order valence-electron chi connectivity index (χ2n) is 5.46. The highest BCUT2D eigenvalue weighted by atomic mass is 16.6. The summed E-state index contributed by atoms with van der Waals surface area (Å²) in [5, 5.41) is 14.2. The van der Waals surface area contributed by atoms with Gasteiger partial charge in [-0.15, -0.1) is 0 Å². The van der Waals surface area contributed by atoms with Gasteiger partial charge in [0.25, 0.3) is 0 Å². The summed E-state index contributed by atoms with van der Waals surface area (Å²) in [6.07, 6.45) is 3.25. The average Bonchev–Trinajstić information content (AvgIpc) is 2.86. The van der Waals surface area contributed by atoms with Crippen molar-refractivity contribution in [2.45, 2.75) is 38.8 Å². The summed E-state index contributed by atoms with van der Waals surface area (Å²) in [5.74, 6) is 0. The number of hydrogen-bond donors (Lipinski definition) is 0. The summed E-state index contributed by atoms with van der Waals surface area (Å²) in [4.78, 5) is 16.3. The van der Waals surface area contributed by atoms with Crippen LogP contribution >= 0.6 is 0 Å². The first-order valence-corrected chi connectivity index (χ1v) is 6.31. The number of aromatic nitrogens is 1. The third-order valence-corrected chi connectivity index (χ3v) is 2.66. The first kappa shape index (κ1) is 14.0. The largest absolute Gasteiger partial charge is 0.442 e. The highest BCUT2D eigenvalue weighted by molar-refractivity contribution is 5.74. The fourth-order valence-corrected chi connectivity index (χ4v) is 1.84. The van der Waals surface area contributed by atoms with Crippen LogP contribution in [0.25, 0.3) is 0 Å². The Morgan fingerprint density at radius 2 is 2.30 bits per heavy atom. The molecule has 1 aliphatic heterocycles. The standard InChI is InChI=1S/C14H16N4O2/c1-14(2,3)20-13(19)18-12(5-7-17-18)11-8-10(9-15)4-6-16-11/h4,6-8,12H,5H2,1-3H3. The van der Waals surface area contributed by atoms with Gasteiger partial charge in [0.15, 0.2) is 0 Å². The Balaban J connectivity index is 2.20. The number of rotatable bonds is 1. The number of carbonyl (C=O) groups excluding carboxylic acids is 1. The van der Waals surface area contributed by atoms with E-state index in [0.717, 1.165) is 0 Å². The number of nitrogens with zero attached hydrogens (tertiary/aromatic N) is 4. The van der Waals surface area contributed by atoms with Crippen molar-refractivity contribution in [2.75, 3.05) is 0 Å². The number of ether oxygens (including phenoxy) is 1. The second-order valence-corrected chi connectivity index (χ2v) is 5.46. The first-order chi connectivity index (χ1) is 9.40. The molecule has 0 aromatic carbocycles. The van der Waals surface area contributed by atoms with E-state index in [1.807, 2.05) is 0 Å². The van der Waals surface area contributed by atoms with E-state index in [1.165, 1.54) is 5.01 Å². The van der Waals surface area contributed by atoms with Crippen molar-refractivity contribution in [3.8, 4) is 6.07 Å². The molecule has 0 N–H and O–H groups in total. The molecule has 2 rings (SSSR count). The summed E-state index contributed by atoms with van der Waals surface area (Å²) in [6.45, 7) is 5.40. The maximum atomic E-state index is 12.1. The number of nitriles is 1. The normalized spacial score (nSPS) is 17.9. The number of hydrazone groups is 1. The van der Waals surface area contributed by atoms with Crippen molar-refractivity contribution < 1.29 is 9.53 Å². The van der Waals surface area contributed by atoms with Gasteiger partial charge in [0.2, 0.25) is 0 Å². The summed E-state index contributed by atoms with van der Waals surface area (Å²) in [6, 6.07) is 5.02. The number of hydrogen-bond acceptors (Lipinski definition) is 5. The first-order valence-electron chi connectivity index (χ1n) is 6.31. The van der Waals surface area contributed by atoms with E-state index in [9.17, 15) is 4.79 Å². The van der Waals surface area contributed by atoms with E-state index >= 15 is 0 Å². The van der Waals surface area contributed by atoms with Crippen molar-refractivity contribution in [1.82, 2.24) is 9.99 Å². The molecule has 0 fully saturated rings. The molecule has 6 heteroatoms. The van der Waals surface area contributed by atoms with Crippen LogP contribution in [0.2, 0.25) is 0 Å². The summed E-state index contributed by atoms with van der Waals surface area (Å²) < 4.78 is 5.31. The lowest BCUT2D eigenvalue weighted by atomic mass is 10.1. The Hall–Kier alpha value is -2.42. The maximum Gasteiger partial charge on any atom is 0.431 e. The minimum absolute atomic E-state index is 0.321. The number of pyridine rings is 1. The van der Waals surface area contributed by atoms with Crippen LogP contribution < -0.4 is 0 Å². The molecule has 0 spiro atoms. The van der Waals surface area contributed by atoms with Crippen LogP contribution in [0.3, 0.4) is 0 Å². The van der Waals surface area contributed by atoms with Crippen molar-refractivity contribution >= 4 is 12.3 Å². The van der Waals surface area contributed by atoms with Gasteiger partial charge in [-0.2, -0.15) is 15.4 Å². The molecular weight excluding hydrogens is 256 g/mol. The molecule has 1 atom stereocenters. The Labute approximate surface area is 117 Å². The molecule has 20 heavy (non-hydrogen) atoms. The zero-order valence-corrected chi connectivity index (χ0v) is 11.7. The Kier molecular flexibility index (Phi) is 3.70. The zero-order chi connectivity index (χ0) is 14.8. The molecule has 1 aromatic heterocycles. The highest BCUT2D eigenvalue weighted by Gasteiger charge is 2.32. The Morgan fingerprint density at radius 3 is 2.95 bits per heavy atom. The van der Waals surface area contributed by atoms with Gasteiger partial charge in [-0.25, -0.2) is 4.79 Å². The topological polar surface area (TPSA) is 78.6 Å². The Bertz CT molecular complexity index is 584. The fourth-order valence-electron chi connectivity index (χ4n) is 1.84. The lowest BCUT2D eigenvalue weighted by Crippen LogP contribution is -2.34. The van der Waals surface area contributed by atoms with E-state index in [2.05, 4.69) is 16.2 Å². The van der Waals surface area contributed by atoms with E-state index in [-0.39, 0.29) is 6.04 Å². The molecule has 1 aromatic rings. The summed E-state index contributed by atoms with van der Waals surface area (Å²) >= 11 is 0. The van der Waals surface area contributed by atoms with Gasteiger partial charge in [0, 0.05) is 18.8 Å². The van der Waals surface area contributed by atoms with Gasteiger partial charge in [-0.1, -0.05) is 0 Å². The van der Waals surface area contributed by atoms with Crippen molar-refractivity contribution in [2.24, 2.45) is 5.10 Å². The molecule has 0 saturated carbocycles. The monoisotopic (exact) mass is 272 g/mol. The molecule has 2 heterocycles. The second kappa shape index (κ2) is 5.29. The smallest absolute Gasteiger partial charge is 0.431 e. The Morgan fingerprint density at radius 1 is 1.55 bits per heavy atom. The fraction of sp³-hybridized carbons (Fsp3) is 0.429. The molecule has 1 aliphatic rings. The molecular formula is C14H16N4O2. The highest BCUT2D eigenvalue weighted by Crippen LogP contribution is 2.28. The van der Waals surface area contributed by atoms with Crippen LogP contribution in [0.5, 0.6) is 0 Å². The minimum atomic E-state index is -0.582.